The second kappa shape index (κ2) is 7.06. The number of amides is 4. The van der Waals surface area contributed by atoms with Crippen molar-refractivity contribution in [1.82, 2.24) is 10.2 Å². The fourth-order valence-corrected chi connectivity index (χ4v) is 3.66. The Morgan fingerprint density at radius 1 is 1.23 bits per heavy atom. The van der Waals surface area contributed by atoms with Crippen LogP contribution in [0, 0.1) is 5.92 Å². The molecule has 0 bridgehead atoms. The Morgan fingerprint density at radius 3 is 2.42 bits per heavy atom. The summed E-state index contributed by atoms with van der Waals surface area (Å²) in [6.45, 7) is -0.384. The molecule has 2 aliphatic rings. The van der Waals surface area contributed by atoms with Crippen LogP contribution in [0.3, 0.4) is 0 Å². The van der Waals surface area contributed by atoms with Crippen molar-refractivity contribution < 1.29 is 24.3 Å². The van der Waals surface area contributed by atoms with Crippen molar-refractivity contribution in [3.05, 3.63) is 28.7 Å². The second-order valence-corrected chi connectivity index (χ2v) is 7.49. The van der Waals surface area contributed by atoms with Gasteiger partial charge in [-0.05, 0) is 49.9 Å². The lowest BCUT2D eigenvalue weighted by molar-refractivity contribution is -0.145. The van der Waals surface area contributed by atoms with Crippen LogP contribution in [0.25, 0.3) is 0 Å². The van der Waals surface area contributed by atoms with Crippen LogP contribution in [0.15, 0.2) is 28.7 Å². The predicted molar refractivity (Wildman–Crippen MR) is 95.3 cm³/mol. The van der Waals surface area contributed by atoms with Gasteiger partial charge in [-0.15, -0.1) is 0 Å². The summed E-state index contributed by atoms with van der Waals surface area (Å²) in [5.41, 5.74) is -0.525. The second-order valence-electron chi connectivity index (χ2n) is 6.57. The van der Waals surface area contributed by atoms with E-state index in [2.05, 4.69) is 26.6 Å². The number of hydrogen-bond acceptors (Lipinski definition) is 4. The summed E-state index contributed by atoms with van der Waals surface area (Å²) in [5.74, 6) is -2.33. The normalized spacial score (nSPS) is 25.3. The van der Waals surface area contributed by atoms with Gasteiger partial charge in [0.05, 0.1) is 5.92 Å². The van der Waals surface area contributed by atoms with E-state index in [-0.39, 0.29) is 19.4 Å². The molecule has 0 aromatic heterocycles. The van der Waals surface area contributed by atoms with Crippen LogP contribution in [0.4, 0.5) is 10.5 Å². The Morgan fingerprint density at radius 2 is 1.85 bits per heavy atom. The highest BCUT2D eigenvalue weighted by molar-refractivity contribution is 9.10. The lowest BCUT2D eigenvalue weighted by Gasteiger charge is -2.33. The third kappa shape index (κ3) is 3.57. The summed E-state index contributed by atoms with van der Waals surface area (Å²) in [6, 6.07) is 6.30. The molecular weight excluding hydrogens is 406 g/mol. The molecule has 0 radical (unpaired) electrons. The van der Waals surface area contributed by atoms with Crippen molar-refractivity contribution in [2.45, 2.75) is 31.2 Å². The Bertz CT molecular complexity index is 756. The average molecular weight is 424 g/mol. The summed E-state index contributed by atoms with van der Waals surface area (Å²) in [7, 11) is 0. The van der Waals surface area contributed by atoms with Gasteiger partial charge in [0.2, 0.25) is 5.91 Å². The highest BCUT2D eigenvalue weighted by atomic mass is 79.9. The zero-order valence-electron chi connectivity index (χ0n) is 13.8. The maximum absolute atomic E-state index is 12.7. The minimum Gasteiger partial charge on any atom is -0.481 e. The molecule has 1 heterocycles. The van der Waals surface area contributed by atoms with Crippen LogP contribution < -0.4 is 10.6 Å². The van der Waals surface area contributed by atoms with Crippen LogP contribution >= 0.6 is 15.9 Å². The molecule has 1 spiro atoms. The topological polar surface area (TPSA) is 116 Å². The molecule has 3 rings (SSSR count). The van der Waals surface area contributed by atoms with E-state index in [4.69, 9.17) is 5.11 Å². The molecule has 26 heavy (non-hydrogen) atoms. The van der Waals surface area contributed by atoms with E-state index in [1.807, 2.05) is 0 Å². The molecule has 1 aromatic rings. The number of anilines is 1. The molecular formula is C17H18BrN3O5. The summed E-state index contributed by atoms with van der Waals surface area (Å²) < 4.78 is 0.864. The number of carbonyl (C=O) groups excluding carboxylic acids is 3. The molecule has 138 valence electrons. The van der Waals surface area contributed by atoms with E-state index in [9.17, 15) is 19.2 Å². The first-order valence-corrected chi connectivity index (χ1v) is 9.02. The number of halogens is 1. The Hall–Kier alpha value is -2.42. The zero-order valence-corrected chi connectivity index (χ0v) is 15.4. The minimum absolute atomic E-state index is 0.263. The van der Waals surface area contributed by atoms with Crippen molar-refractivity contribution >= 4 is 45.4 Å². The first-order valence-electron chi connectivity index (χ1n) is 8.23. The Labute approximate surface area is 158 Å². The van der Waals surface area contributed by atoms with Crippen LogP contribution in [-0.2, 0) is 14.4 Å². The van der Waals surface area contributed by atoms with E-state index in [1.165, 1.54) is 0 Å². The number of carboxylic acids is 1. The fraction of sp³-hybridized carbons (Fsp3) is 0.412. The van der Waals surface area contributed by atoms with E-state index in [0.29, 0.717) is 18.5 Å². The molecule has 9 heteroatoms. The van der Waals surface area contributed by atoms with Crippen LogP contribution in [-0.4, -0.2) is 45.9 Å². The number of carbonyl (C=O) groups is 4. The first kappa shape index (κ1) is 18.4. The monoisotopic (exact) mass is 423 g/mol. The summed E-state index contributed by atoms with van der Waals surface area (Å²) in [5, 5.41) is 14.4. The van der Waals surface area contributed by atoms with Gasteiger partial charge in [0.15, 0.2) is 0 Å². The highest BCUT2D eigenvalue weighted by Gasteiger charge is 2.53. The van der Waals surface area contributed by atoms with Crippen molar-refractivity contribution in [3.8, 4) is 0 Å². The van der Waals surface area contributed by atoms with Gasteiger partial charge in [-0.3, -0.25) is 19.3 Å². The van der Waals surface area contributed by atoms with Gasteiger partial charge in [0.1, 0.15) is 12.1 Å². The van der Waals surface area contributed by atoms with Gasteiger partial charge in [-0.25, -0.2) is 4.79 Å². The Kier molecular flexibility index (Phi) is 4.99. The molecule has 1 aliphatic heterocycles. The van der Waals surface area contributed by atoms with Gasteiger partial charge in [-0.2, -0.15) is 0 Å². The molecule has 8 nitrogen and oxygen atoms in total. The average Bonchev–Trinajstić information content (AvgIpc) is 2.82. The maximum Gasteiger partial charge on any atom is 0.325 e. The zero-order chi connectivity index (χ0) is 18.9. The number of nitrogens with one attached hydrogen (secondary N) is 2. The standard InChI is InChI=1S/C17H18BrN3O5/c18-11-1-3-12(4-2-11)19-13(22)9-21-15(25)17(20-16(21)26)7-5-10(6-8-17)14(23)24/h1-4,10H,5-9H2,(H,19,22)(H,20,26)(H,23,24). The predicted octanol–water partition coefficient (Wildman–Crippen LogP) is 1.95. The van der Waals surface area contributed by atoms with Gasteiger partial charge < -0.3 is 15.7 Å². The number of rotatable bonds is 4. The van der Waals surface area contributed by atoms with Crippen molar-refractivity contribution in [2.75, 3.05) is 11.9 Å². The molecule has 4 amide bonds. The van der Waals surface area contributed by atoms with Gasteiger partial charge in [0.25, 0.3) is 5.91 Å². The van der Waals surface area contributed by atoms with Crippen LogP contribution in [0.2, 0.25) is 0 Å². The number of benzene rings is 1. The van der Waals surface area contributed by atoms with E-state index in [0.717, 1.165) is 9.37 Å². The summed E-state index contributed by atoms with van der Waals surface area (Å²) in [6.07, 6.45) is 1.17. The molecule has 0 atom stereocenters. The smallest absolute Gasteiger partial charge is 0.325 e. The molecule has 1 aromatic carbocycles. The number of carboxylic acid groups (broad SMARTS) is 1. The molecule has 0 unspecified atom stereocenters. The van der Waals surface area contributed by atoms with Gasteiger partial charge >= 0.3 is 12.0 Å². The third-order valence-corrected chi connectivity index (χ3v) is 5.39. The molecule has 1 saturated carbocycles. The van der Waals surface area contributed by atoms with Crippen molar-refractivity contribution in [1.29, 1.82) is 0 Å². The number of urea groups is 1. The van der Waals surface area contributed by atoms with E-state index < -0.39 is 35.3 Å². The quantitative estimate of drug-likeness (QED) is 0.639. The summed E-state index contributed by atoms with van der Waals surface area (Å²) >= 11 is 3.30. The van der Waals surface area contributed by atoms with Gasteiger partial charge in [-0.1, -0.05) is 15.9 Å². The molecule has 1 saturated heterocycles. The Balaban J connectivity index is 1.63. The first-order chi connectivity index (χ1) is 12.3. The molecule has 2 fully saturated rings. The van der Waals surface area contributed by atoms with Gasteiger partial charge in [0, 0.05) is 10.2 Å². The highest BCUT2D eigenvalue weighted by Crippen LogP contribution is 2.36. The SMILES string of the molecule is O=C(CN1C(=O)NC2(CCC(C(=O)O)CC2)C1=O)Nc1ccc(Br)cc1. The molecule has 3 N–H and O–H groups in total. The number of nitrogens with zero attached hydrogens (tertiary/aromatic N) is 1. The number of aliphatic carboxylic acids is 1. The lowest BCUT2D eigenvalue weighted by Crippen LogP contribution is -2.50. The minimum atomic E-state index is -1.08. The summed E-state index contributed by atoms with van der Waals surface area (Å²) in [4.78, 5) is 49.1. The van der Waals surface area contributed by atoms with E-state index >= 15 is 0 Å². The number of hydrogen-bond donors (Lipinski definition) is 3. The van der Waals surface area contributed by atoms with E-state index in [1.54, 1.807) is 24.3 Å². The van der Waals surface area contributed by atoms with Crippen molar-refractivity contribution in [3.63, 3.8) is 0 Å². The fourth-order valence-electron chi connectivity index (χ4n) is 3.39. The number of imide groups is 1. The van der Waals surface area contributed by atoms with Crippen molar-refractivity contribution in [2.24, 2.45) is 5.92 Å². The lowest BCUT2D eigenvalue weighted by atomic mass is 9.76. The molecule has 1 aliphatic carbocycles. The largest absolute Gasteiger partial charge is 0.481 e. The third-order valence-electron chi connectivity index (χ3n) is 4.86. The van der Waals surface area contributed by atoms with Crippen LogP contribution in [0.1, 0.15) is 25.7 Å². The maximum atomic E-state index is 12.7. The van der Waals surface area contributed by atoms with Crippen LogP contribution in [0.5, 0.6) is 0 Å².